The first-order valence-corrected chi connectivity index (χ1v) is 13.3. The van der Waals surface area contributed by atoms with Crippen LogP contribution >= 0.6 is 0 Å². The van der Waals surface area contributed by atoms with E-state index in [0.717, 1.165) is 28.1 Å². The molecule has 5 nitrogen and oxygen atoms in total. The Kier molecular flexibility index (Phi) is 6.94. The maximum Gasteiger partial charge on any atom is 0.336 e. The molecule has 0 fully saturated rings. The van der Waals surface area contributed by atoms with E-state index in [9.17, 15) is 14.7 Å². The Morgan fingerprint density at radius 2 is 1.29 bits per heavy atom. The van der Waals surface area contributed by atoms with Crippen LogP contribution in [0, 0.1) is 5.92 Å². The van der Waals surface area contributed by atoms with Crippen molar-refractivity contribution in [1.82, 2.24) is 0 Å². The van der Waals surface area contributed by atoms with Crippen LogP contribution < -0.4 is 9.80 Å². The summed E-state index contributed by atoms with van der Waals surface area (Å²) < 4.78 is 0. The van der Waals surface area contributed by atoms with Gasteiger partial charge in [0.15, 0.2) is 5.78 Å². The lowest BCUT2D eigenvalue weighted by molar-refractivity contribution is 0.0690. The summed E-state index contributed by atoms with van der Waals surface area (Å²) in [4.78, 5) is 30.5. The van der Waals surface area contributed by atoms with Gasteiger partial charge in [-0.15, -0.1) is 0 Å². The van der Waals surface area contributed by atoms with Gasteiger partial charge in [0.1, 0.15) is 0 Å². The lowest BCUT2D eigenvalue weighted by Gasteiger charge is -2.47. The number of fused-ring (bicyclic) bond motifs is 2. The van der Waals surface area contributed by atoms with Gasteiger partial charge in [0.25, 0.3) is 0 Å². The summed E-state index contributed by atoms with van der Waals surface area (Å²) in [6, 6.07) is 18.3. The molecule has 0 radical (unpaired) electrons. The van der Waals surface area contributed by atoms with Crippen molar-refractivity contribution in [3.63, 3.8) is 0 Å². The molecule has 200 valence electrons. The molecule has 0 saturated carbocycles. The van der Waals surface area contributed by atoms with E-state index in [1.807, 2.05) is 48.1 Å². The average Bonchev–Trinajstić information content (AvgIpc) is 2.89. The molecule has 0 aliphatic heterocycles. The Bertz CT molecular complexity index is 1360. The number of carbonyl (C=O) groups is 2. The molecule has 0 amide bonds. The first kappa shape index (κ1) is 27.4. The highest BCUT2D eigenvalue weighted by Crippen LogP contribution is 2.54. The SMILES string of the molecule is CCC(C)C(=O)c1c(C(=O)O)cccc1C1(C)c2ccc(N(C)C)cc2C(C)(C)c2cc(N(C)C)ccc21. The van der Waals surface area contributed by atoms with Crippen LogP contribution in [0.4, 0.5) is 11.4 Å². The zero-order chi connectivity index (χ0) is 28.2. The zero-order valence-electron chi connectivity index (χ0n) is 24.1. The van der Waals surface area contributed by atoms with Crippen molar-refractivity contribution in [2.45, 2.75) is 51.9 Å². The summed E-state index contributed by atoms with van der Waals surface area (Å²) in [5.74, 6) is -1.49. The molecule has 1 atom stereocenters. The van der Waals surface area contributed by atoms with E-state index < -0.39 is 11.4 Å². The second-order valence-electron chi connectivity index (χ2n) is 11.7. The topological polar surface area (TPSA) is 60.9 Å². The van der Waals surface area contributed by atoms with Crippen LogP contribution in [0.5, 0.6) is 0 Å². The number of aromatic carboxylic acids is 1. The Morgan fingerprint density at radius 3 is 1.71 bits per heavy atom. The van der Waals surface area contributed by atoms with Gasteiger partial charge < -0.3 is 14.9 Å². The number of hydrogen-bond acceptors (Lipinski definition) is 4. The van der Waals surface area contributed by atoms with Gasteiger partial charge in [-0.1, -0.05) is 52.0 Å². The fourth-order valence-electron chi connectivity index (χ4n) is 5.95. The van der Waals surface area contributed by atoms with Gasteiger partial charge in [-0.05, 0) is 71.5 Å². The lowest BCUT2D eigenvalue weighted by Crippen LogP contribution is -2.40. The van der Waals surface area contributed by atoms with Crippen molar-refractivity contribution in [2.75, 3.05) is 38.0 Å². The monoisotopic (exact) mass is 512 g/mol. The van der Waals surface area contributed by atoms with E-state index in [1.165, 1.54) is 11.1 Å². The van der Waals surface area contributed by atoms with Crippen molar-refractivity contribution in [3.8, 4) is 0 Å². The molecule has 0 heterocycles. The van der Waals surface area contributed by atoms with Crippen LogP contribution in [0.1, 0.15) is 89.6 Å². The maximum absolute atomic E-state index is 13.9. The smallest absolute Gasteiger partial charge is 0.336 e. The maximum atomic E-state index is 13.9. The fraction of sp³-hybridized carbons (Fsp3) is 0.394. The van der Waals surface area contributed by atoms with Crippen LogP contribution in [0.25, 0.3) is 0 Å². The van der Waals surface area contributed by atoms with Crippen LogP contribution in [-0.2, 0) is 10.8 Å². The predicted molar refractivity (Wildman–Crippen MR) is 156 cm³/mol. The van der Waals surface area contributed by atoms with Crippen LogP contribution in [-0.4, -0.2) is 45.0 Å². The molecule has 3 aromatic carbocycles. The summed E-state index contributed by atoms with van der Waals surface area (Å²) in [5.41, 5.74) is 6.83. The first-order chi connectivity index (χ1) is 17.8. The molecule has 0 spiro atoms. The van der Waals surface area contributed by atoms with E-state index in [1.54, 1.807) is 12.1 Å². The number of carboxylic acids is 1. The molecule has 1 aliphatic carbocycles. The summed E-state index contributed by atoms with van der Waals surface area (Å²) in [6.45, 7) is 10.5. The Labute approximate surface area is 227 Å². The fourth-order valence-corrected chi connectivity index (χ4v) is 5.95. The van der Waals surface area contributed by atoms with Crippen molar-refractivity contribution >= 4 is 23.1 Å². The Balaban J connectivity index is 2.18. The molecule has 1 unspecified atom stereocenters. The molecular formula is C33H40N2O3. The highest BCUT2D eigenvalue weighted by molar-refractivity contribution is 6.08. The van der Waals surface area contributed by atoms with Crippen molar-refractivity contribution in [1.29, 1.82) is 0 Å². The number of carbonyl (C=O) groups excluding carboxylic acids is 1. The van der Waals surface area contributed by atoms with E-state index in [4.69, 9.17) is 0 Å². The van der Waals surface area contributed by atoms with Gasteiger partial charge in [-0.25, -0.2) is 4.79 Å². The van der Waals surface area contributed by atoms with Gasteiger partial charge in [-0.2, -0.15) is 0 Å². The van der Waals surface area contributed by atoms with E-state index in [-0.39, 0.29) is 22.7 Å². The normalized spacial score (nSPS) is 15.7. The minimum Gasteiger partial charge on any atom is -0.478 e. The minimum absolute atomic E-state index is 0.0665. The van der Waals surface area contributed by atoms with Crippen molar-refractivity contribution in [2.24, 2.45) is 5.92 Å². The average molecular weight is 513 g/mol. The first-order valence-electron chi connectivity index (χ1n) is 13.3. The second-order valence-corrected chi connectivity index (χ2v) is 11.7. The highest BCUT2D eigenvalue weighted by atomic mass is 16.4. The second kappa shape index (κ2) is 9.61. The standard InChI is InChI=1S/C33H40N2O3/c1-10-20(2)30(36)29-23(31(37)38)12-11-13-26(29)33(5)24-16-14-21(34(6)7)18-27(24)32(3,4)28-19-22(35(8)9)15-17-25(28)33/h11-20H,10H2,1-9H3,(H,37,38). The number of ketones is 1. The third-order valence-electron chi connectivity index (χ3n) is 8.60. The van der Waals surface area contributed by atoms with Crippen LogP contribution in [0.3, 0.4) is 0 Å². The third kappa shape index (κ3) is 4.09. The molecule has 0 saturated heterocycles. The molecule has 1 N–H and O–H groups in total. The highest BCUT2D eigenvalue weighted by Gasteiger charge is 2.47. The van der Waals surface area contributed by atoms with Crippen molar-refractivity contribution < 1.29 is 14.7 Å². The van der Waals surface area contributed by atoms with Gasteiger partial charge in [0, 0.05) is 61.9 Å². The third-order valence-corrected chi connectivity index (χ3v) is 8.60. The summed E-state index contributed by atoms with van der Waals surface area (Å²) in [5, 5.41) is 10.2. The number of nitrogens with zero attached hydrogens (tertiary/aromatic N) is 2. The quantitative estimate of drug-likeness (QED) is 0.355. The molecule has 0 aromatic heterocycles. The van der Waals surface area contributed by atoms with E-state index >= 15 is 0 Å². The lowest BCUT2D eigenvalue weighted by atomic mass is 9.56. The number of anilines is 2. The zero-order valence-corrected chi connectivity index (χ0v) is 24.1. The number of rotatable bonds is 7. The van der Waals surface area contributed by atoms with Gasteiger partial charge in [0.05, 0.1) is 5.56 Å². The molecule has 3 aromatic rings. The van der Waals surface area contributed by atoms with Gasteiger partial charge in [0.2, 0.25) is 0 Å². The molecule has 0 bridgehead atoms. The predicted octanol–water partition coefficient (Wildman–Crippen LogP) is 6.74. The summed E-state index contributed by atoms with van der Waals surface area (Å²) in [7, 11) is 8.14. The Morgan fingerprint density at radius 1 is 0.789 bits per heavy atom. The molecule has 4 rings (SSSR count). The minimum atomic E-state index is -1.08. The molecule has 1 aliphatic rings. The molecule has 38 heavy (non-hydrogen) atoms. The summed E-state index contributed by atoms with van der Waals surface area (Å²) >= 11 is 0. The van der Waals surface area contributed by atoms with E-state index in [0.29, 0.717) is 12.0 Å². The van der Waals surface area contributed by atoms with Crippen LogP contribution in [0.2, 0.25) is 0 Å². The summed E-state index contributed by atoms with van der Waals surface area (Å²) in [6.07, 6.45) is 0.640. The molecular weight excluding hydrogens is 472 g/mol. The van der Waals surface area contributed by atoms with Crippen molar-refractivity contribution in [3.05, 3.63) is 93.5 Å². The Hall–Kier alpha value is -3.60. The van der Waals surface area contributed by atoms with Gasteiger partial charge >= 0.3 is 5.97 Å². The number of hydrogen-bond donors (Lipinski definition) is 1. The van der Waals surface area contributed by atoms with Gasteiger partial charge in [-0.3, -0.25) is 4.79 Å². The van der Waals surface area contributed by atoms with E-state index in [2.05, 4.69) is 67.0 Å². The number of carboxylic acid groups (broad SMARTS) is 1. The number of benzene rings is 3. The largest absolute Gasteiger partial charge is 0.478 e. The van der Waals surface area contributed by atoms with Crippen LogP contribution in [0.15, 0.2) is 54.6 Å². The molecule has 5 heteroatoms. The number of Topliss-reactive ketones (excluding diaryl/α,β-unsaturated/α-hetero) is 1.